The van der Waals surface area contributed by atoms with Crippen LogP contribution in [0.2, 0.25) is 0 Å². The fourth-order valence-electron chi connectivity index (χ4n) is 3.29. The number of ether oxygens (including phenoxy) is 2. The van der Waals surface area contributed by atoms with E-state index in [0.717, 1.165) is 37.9 Å². The summed E-state index contributed by atoms with van der Waals surface area (Å²) < 4.78 is 11.5. The van der Waals surface area contributed by atoms with Crippen LogP contribution in [0.5, 0.6) is 5.88 Å². The lowest BCUT2D eigenvalue weighted by Gasteiger charge is -2.21. The van der Waals surface area contributed by atoms with Crippen LogP contribution in [0.25, 0.3) is 0 Å². The van der Waals surface area contributed by atoms with E-state index in [9.17, 15) is 4.79 Å². The number of rotatable bonds is 6. The Labute approximate surface area is 143 Å². The second-order valence-corrected chi connectivity index (χ2v) is 6.70. The van der Waals surface area contributed by atoms with Crippen molar-refractivity contribution in [2.75, 3.05) is 20.2 Å². The number of pyridine rings is 1. The second kappa shape index (κ2) is 8.33. The standard InChI is InChI=1S/C18H27N3O3/c1-21(13-16-7-4-10-23-16)18(22)20-12-14-8-9-19-17(11-14)24-15-5-2-3-6-15/h8-9,11,15-16H,2-7,10,12-13H2,1H3,(H,20,22). The normalized spacial score (nSPS) is 21.0. The van der Waals surface area contributed by atoms with E-state index in [1.807, 2.05) is 12.1 Å². The molecule has 1 saturated carbocycles. The summed E-state index contributed by atoms with van der Waals surface area (Å²) in [7, 11) is 1.80. The van der Waals surface area contributed by atoms with Crippen molar-refractivity contribution in [1.82, 2.24) is 15.2 Å². The first-order valence-electron chi connectivity index (χ1n) is 8.93. The molecule has 132 valence electrons. The predicted octanol–water partition coefficient (Wildman–Crippen LogP) is 2.72. The van der Waals surface area contributed by atoms with E-state index < -0.39 is 0 Å². The van der Waals surface area contributed by atoms with Crippen LogP contribution in [0.1, 0.15) is 44.1 Å². The molecular formula is C18H27N3O3. The summed E-state index contributed by atoms with van der Waals surface area (Å²) in [5, 5.41) is 2.94. The molecule has 2 amide bonds. The molecule has 0 aromatic carbocycles. The van der Waals surface area contributed by atoms with E-state index in [2.05, 4.69) is 10.3 Å². The molecule has 1 aliphatic heterocycles. The third kappa shape index (κ3) is 4.84. The van der Waals surface area contributed by atoms with Gasteiger partial charge in [-0.15, -0.1) is 0 Å². The van der Waals surface area contributed by atoms with Crippen molar-refractivity contribution in [3.05, 3.63) is 23.9 Å². The molecule has 24 heavy (non-hydrogen) atoms. The van der Waals surface area contributed by atoms with Gasteiger partial charge in [-0.2, -0.15) is 0 Å². The lowest BCUT2D eigenvalue weighted by atomic mass is 10.2. The molecule has 2 aliphatic rings. The second-order valence-electron chi connectivity index (χ2n) is 6.70. The quantitative estimate of drug-likeness (QED) is 0.869. The molecule has 0 spiro atoms. The summed E-state index contributed by atoms with van der Waals surface area (Å²) in [6.45, 7) is 1.91. The molecule has 1 aromatic rings. The molecule has 1 saturated heterocycles. The van der Waals surface area contributed by atoms with Crippen molar-refractivity contribution in [2.24, 2.45) is 0 Å². The number of aromatic nitrogens is 1. The first kappa shape index (κ1) is 17.0. The van der Waals surface area contributed by atoms with Crippen molar-refractivity contribution < 1.29 is 14.3 Å². The molecule has 1 unspecified atom stereocenters. The van der Waals surface area contributed by atoms with Crippen LogP contribution >= 0.6 is 0 Å². The van der Waals surface area contributed by atoms with Gasteiger partial charge in [0.15, 0.2) is 0 Å². The van der Waals surface area contributed by atoms with E-state index in [4.69, 9.17) is 9.47 Å². The van der Waals surface area contributed by atoms with E-state index in [0.29, 0.717) is 25.1 Å². The number of carbonyl (C=O) groups excluding carboxylic acids is 1. The Morgan fingerprint density at radius 2 is 2.21 bits per heavy atom. The smallest absolute Gasteiger partial charge is 0.317 e. The van der Waals surface area contributed by atoms with Crippen LogP contribution in [0.3, 0.4) is 0 Å². The van der Waals surface area contributed by atoms with Gasteiger partial charge < -0.3 is 19.7 Å². The Hall–Kier alpha value is -1.82. The van der Waals surface area contributed by atoms with Crippen LogP contribution in [0, 0.1) is 0 Å². The largest absolute Gasteiger partial charge is 0.474 e. The van der Waals surface area contributed by atoms with Gasteiger partial charge in [0, 0.05) is 39.0 Å². The molecule has 1 N–H and O–H groups in total. The zero-order chi connectivity index (χ0) is 16.8. The summed E-state index contributed by atoms with van der Waals surface area (Å²) in [4.78, 5) is 18.1. The van der Waals surface area contributed by atoms with Gasteiger partial charge in [0.2, 0.25) is 5.88 Å². The van der Waals surface area contributed by atoms with Crippen molar-refractivity contribution in [3.8, 4) is 5.88 Å². The van der Waals surface area contributed by atoms with Gasteiger partial charge in [-0.3, -0.25) is 0 Å². The number of hydrogen-bond donors (Lipinski definition) is 1. The first-order chi connectivity index (χ1) is 11.7. The Bertz CT molecular complexity index is 540. The van der Waals surface area contributed by atoms with Gasteiger partial charge >= 0.3 is 6.03 Å². The van der Waals surface area contributed by atoms with Gasteiger partial charge in [-0.05, 0) is 50.2 Å². The highest BCUT2D eigenvalue weighted by Crippen LogP contribution is 2.23. The van der Waals surface area contributed by atoms with Crippen LogP contribution < -0.4 is 10.1 Å². The minimum atomic E-state index is -0.0828. The Morgan fingerprint density at radius 3 is 2.96 bits per heavy atom. The lowest BCUT2D eigenvalue weighted by Crippen LogP contribution is -2.40. The highest BCUT2D eigenvalue weighted by molar-refractivity contribution is 5.73. The maximum atomic E-state index is 12.2. The molecule has 2 fully saturated rings. The molecule has 0 bridgehead atoms. The summed E-state index contributed by atoms with van der Waals surface area (Å²) in [6, 6.07) is 3.74. The maximum absolute atomic E-state index is 12.2. The van der Waals surface area contributed by atoms with Crippen molar-refractivity contribution in [1.29, 1.82) is 0 Å². The number of carbonyl (C=O) groups is 1. The van der Waals surface area contributed by atoms with E-state index >= 15 is 0 Å². The Kier molecular flexibility index (Phi) is 5.91. The van der Waals surface area contributed by atoms with Gasteiger partial charge in [0.25, 0.3) is 0 Å². The molecule has 3 rings (SSSR count). The molecule has 2 heterocycles. The number of nitrogens with zero attached hydrogens (tertiary/aromatic N) is 2. The topological polar surface area (TPSA) is 63.7 Å². The van der Waals surface area contributed by atoms with E-state index in [-0.39, 0.29) is 12.1 Å². The van der Waals surface area contributed by atoms with Gasteiger partial charge in [0.05, 0.1) is 6.10 Å². The van der Waals surface area contributed by atoms with Crippen molar-refractivity contribution in [2.45, 2.75) is 57.3 Å². The average molecular weight is 333 g/mol. The maximum Gasteiger partial charge on any atom is 0.317 e. The first-order valence-corrected chi connectivity index (χ1v) is 8.93. The number of nitrogens with one attached hydrogen (secondary N) is 1. The number of amides is 2. The summed E-state index contributed by atoms with van der Waals surface area (Å²) in [5.41, 5.74) is 0.997. The molecule has 6 nitrogen and oxygen atoms in total. The predicted molar refractivity (Wildman–Crippen MR) is 91.0 cm³/mol. The average Bonchev–Trinajstić information content (AvgIpc) is 3.27. The van der Waals surface area contributed by atoms with Gasteiger partial charge in [-0.25, -0.2) is 9.78 Å². The number of urea groups is 1. The monoisotopic (exact) mass is 333 g/mol. The zero-order valence-electron chi connectivity index (χ0n) is 14.4. The summed E-state index contributed by atoms with van der Waals surface area (Å²) >= 11 is 0. The zero-order valence-corrected chi connectivity index (χ0v) is 14.4. The molecule has 1 atom stereocenters. The fourth-order valence-corrected chi connectivity index (χ4v) is 3.29. The van der Waals surface area contributed by atoms with E-state index in [1.165, 1.54) is 12.8 Å². The van der Waals surface area contributed by atoms with Crippen molar-refractivity contribution in [3.63, 3.8) is 0 Å². The third-order valence-corrected chi connectivity index (χ3v) is 4.68. The summed E-state index contributed by atoms with van der Waals surface area (Å²) in [6.07, 6.45) is 9.00. The molecular weight excluding hydrogens is 306 g/mol. The van der Waals surface area contributed by atoms with Crippen LogP contribution in [-0.2, 0) is 11.3 Å². The lowest BCUT2D eigenvalue weighted by molar-refractivity contribution is 0.0874. The Morgan fingerprint density at radius 1 is 1.38 bits per heavy atom. The molecule has 1 aromatic heterocycles. The minimum Gasteiger partial charge on any atom is -0.474 e. The molecule has 0 radical (unpaired) electrons. The Balaban J connectivity index is 1.45. The van der Waals surface area contributed by atoms with Crippen LogP contribution in [-0.4, -0.2) is 48.3 Å². The van der Waals surface area contributed by atoms with Crippen LogP contribution in [0.15, 0.2) is 18.3 Å². The van der Waals surface area contributed by atoms with Crippen molar-refractivity contribution >= 4 is 6.03 Å². The number of likely N-dealkylation sites (N-methyl/N-ethyl adjacent to an activating group) is 1. The SMILES string of the molecule is CN(CC1CCCO1)C(=O)NCc1ccnc(OC2CCCC2)c1. The highest BCUT2D eigenvalue weighted by Gasteiger charge is 2.20. The van der Waals surface area contributed by atoms with Gasteiger partial charge in [0.1, 0.15) is 6.10 Å². The molecule has 6 heteroatoms. The number of hydrogen-bond acceptors (Lipinski definition) is 4. The fraction of sp³-hybridized carbons (Fsp3) is 0.667. The minimum absolute atomic E-state index is 0.0828. The van der Waals surface area contributed by atoms with Gasteiger partial charge in [-0.1, -0.05) is 0 Å². The third-order valence-electron chi connectivity index (χ3n) is 4.68. The molecule has 1 aliphatic carbocycles. The van der Waals surface area contributed by atoms with E-state index in [1.54, 1.807) is 18.1 Å². The summed E-state index contributed by atoms with van der Waals surface area (Å²) in [5.74, 6) is 0.654. The highest BCUT2D eigenvalue weighted by atomic mass is 16.5. The van der Waals surface area contributed by atoms with Crippen LogP contribution in [0.4, 0.5) is 4.79 Å².